The van der Waals surface area contributed by atoms with E-state index in [0.29, 0.717) is 17.4 Å². The van der Waals surface area contributed by atoms with Gasteiger partial charge in [-0.25, -0.2) is 4.98 Å². The summed E-state index contributed by atoms with van der Waals surface area (Å²) in [5, 5.41) is 0. The number of fused-ring (bicyclic) bond motifs is 5. The van der Waals surface area contributed by atoms with Gasteiger partial charge in [0, 0.05) is 29.8 Å². The Bertz CT molecular complexity index is 1840. The van der Waals surface area contributed by atoms with E-state index in [2.05, 4.69) is 90.5 Å². The summed E-state index contributed by atoms with van der Waals surface area (Å²) in [4.78, 5) is 11.8. The molecular weight excluding hydrogens is 701 g/mol. The van der Waals surface area contributed by atoms with E-state index in [-0.39, 0.29) is 38.6 Å². The van der Waals surface area contributed by atoms with Crippen molar-refractivity contribution >= 4 is 23.1 Å². The second kappa shape index (κ2) is 10.3. The van der Waals surface area contributed by atoms with Crippen LogP contribution in [0.4, 0.5) is 17.2 Å². The van der Waals surface area contributed by atoms with Crippen LogP contribution in [0.1, 0.15) is 47.7 Å². The van der Waals surface area contributed by atoms with Gasteiger partial charge >= 0.3 is 21.1 Å². The second-order valence-electron chi connectivity index (χ2n) is 11.2. The van der Waals surface area contributed by atoms with Crippen molar-refractivity contribution in [3.8, 4) is 11.5 Å². The molecule has 6 heteroatoms. The van der Waals surface area contributed by atoms with Gasteiger partial charge in [0.15, 0.2) is 0 Å². The second-order valence-corrected chi connectivity index (χ2v) is 11.2. The quantitative estimate of drug-likeness (QED) is 0.176. The molecule has 1 aromatic heterocycles. The predicted octanol–water partition coefficient (Wildman–Crippen LogP) is 8.02. The van der Waals surface area contributed by atoms with Gasteiger partial charge in [0.25, 0.3) is 0 Å². The van der Waals surface area contributed by atoms with Gasteiger partial charge < -0.3 is 14.4 Å². The smallest absolute Gasteiger partial charge is 0.514 e. The Morgan fingerprint density at radius 2 is 1.64 bits per heavy atom. The van der Waals surface area contributed by atoms with E-state index in [4.69, 9.17) is 14.5 Å². The van der Waals surface area contributed by atoms with Gasteiger partial charge in [0.1, 0.15) is 23.9 Å². The molecule has 208 valence electrons. The molecule has 1 aliphatic carbocycles. The molecule has 2 atom stereocenters. The average molecular weight is 729 g/mol. The van der Waals surface area contributed by atoms with Crippen LogP contribution in [0.15, 0.2) is 108 Å². The zero-order chi connectivity index (χ0) is 27.6. The van der Waals surface area contributed by atoms with E-state index in [1.54, 1.807) is 0 Å². The van der Waals surface area contributed by atoms with Crippen molar-refractivity contribution in [3.63, 3.8) is 0 Å². The third kappa shape index (κ3) is 4.26. The summed E-state index contributed by atoms with van der Waals surface area (Å²) in [6, 6.07) is 39.8. The van der Waals surface area contributed by atoms with Crippen LogP contribution < -0.4 is 9.64 Å². The molecule has 5 nitrogen and oxygen atoms in total. The largest absolute Gasteiger partial charge is 2.00 e. The minimum absolute atomic E-state index is 0. The number of benzene rings is 4. The number of rotatable bonds is 4. The molecule has 0 bridgehead atoms. The van der Waals surface area contributed by atoms with E-state index in [1.807, 2.05) is 48.7 Å². The van der Waals surface area contributed by atoms with Gasteiger partial charge in [-0.05, 0) is 40.3 Å². The van der Waals surface area contributed by atoms with Crippen LogP contribution in [0.3, 0.4) is 0 Å². The third-order valence-electron chi connectivity index (χ3n) is 8.38. The molecule has 8 rings (SSSR count). The van der Waals surface area contributed by atoms with E-state index < -0.39 is 0 Å². The maximum Gasteiger partial charge on any atom is 2.00 e. The number of aromatic nitrogens is 1. The van der Waals surface area contributed by atoms with Gasteiger partial charge in [-0.2, -0.15) is 6.07 Å². The fourth-order valence-corrected chi connectivity index (χ4v) is 6.37. The Hall–Kier alpha value is -4.21. The molecule has 3 heterocycles. The molecule has 0 unspecified atom stereocenters. The number of anilines is 3. The van der Waals surface area contributed by atoms with Crippen molar-refractivity contribution in [2.75, 3.05) is 4.90 Å². The summed E-state index contributed by atoms with van der Waals surface area (Å²) in [7, 11) is 0. The van der Waals surface area contributed by atoms with E-state index in [1.165, 1.54) is 16.7 Å². The van der Waals surface area contributed by atoms with Gasteiger partial charge in [-0.15, -0.1) is 35.9 Å². The molecule has 2 aliphatic heterocycles. The molecular formula is C36H27N3O2Pt. The number of ether oxygens (including phenoxy) is 2. The molecule has 0 amide bonds. The standard InChI is InChI=1S/C36H27N3O2.Pt/c1-36(2)28-14-5-6-15-30(28)39(33-16-7-8-19-37-33)31-22-26(17-18-29(31)36)40-25-12-9-11-24(20-25)35-38-34-27-13-4-3-10-23(27)21-32(34)41-35;/h3-19,32,34H,21H2,1-2H3;/q-2;+2/t32-,34+;/m0./s1. The number of nitrogens with zero attached hydrogens (tertiary/aromatic N) is 3. The van der Waals surface area contributed by atoms with E-state index in [9.17, 15) is 0 Å². The zero-order valence-corrected chi connectivity index (χ0v) is 25.4. The fourth-order valence-electron chi connectivity index (χ4n) is 6.37. The summed E-state index contributed by atoms with van der Waals surface area (Å²) < 4.78 is 12.7. The Labute approximate surface area is 260 Å². The summed E-state index contributed by atoms with van der Waals surface area (Å²) in [5.74, 6) is 2.65. The molecule has 0 saturated heterocycles. The Morgan fingerprint density at radius 3 is 2.52 bits per heavy atom. The average Bonchev–Trinajstić information content (AvgIpc) is 3.57. The molecule has 0 N–H and O–H groups in total. The summed E-state index contributed by atoms with van der Waals surface area (Å²) in [5.41, 5.74) is 7.57. The first kappa shape index (κ1) is 26.7. The molecule has 0 spiro atoms. The van der Waals surface area contributed by atoms with Gasteiger partial charge in [0.2, 0.25) is 0 Å². The zero-order valence-electron chi connectivity index (χ0n) is 23.2. The van der Waals surface area contributed by atoms with Crippen LogP contribution in [0, 0.1) is 12.1 Å². The van der Waals surface area contributed by atoms with Crippen LogP contribution in [0.5, 0.6) is 11.5 Å². The molecule has 0 saturated carbocycles. The van der Waals surface area contributed by atoms with Crippen LogP contribution in [0.25, 0.3) is 0 Å². The molecule has 3 aliphatic rings. The minimum Gasteiger partial charge on any atom is -0.514 e. The number of hydrogen-bond acceptors (Lipinski definition) is 5. The van der Waals surface area contributed by atoms with Crippen molar-refractivity contribution in [2.45, 2.75) is 37.8 Å². The van der Waals surface area contributed by atoms with Crippen LogP contribution in [-0.2, 0) is 37.6 Å². The molecule has 0 radical (unpaired) electrons. The number of para-hydroxylation sites is 1. The van der Waals surface area contributed by atoms with Crippen LogP contribution in [-0.4, -0.2) is 17.0 Å². The maximum atomic E-state index is 6.37. The molecule has 42 heavy (non-hydrogen) atoms. The molecule has 4 aromatic carbocycles. The fraction of sp³-hybridized carbons (Fsp3) is 0.167. The first-order valence-electron chi connectivity index (χ1n) is 14.0. The number of pyridine rings is 1. The van der Waals surface area contributed by atoms with Crippen molar-refractivity contribution in [1.29, 1.82) is 0 Å². The minimum atomic E-state index is -0.215. The summed E-state index contributed by atoms with van der Waals surface area (Å²) >= 11 is 0. The SMILES string of the molecule is CC1(C)c2ccc(Oc3[c-]c(C4=N[C@@H]5c6ccccc6C[C@@H]5O4)ccc3)[c-]c2N(c2ccccn2)c2ccccc21.[Pt+2]. The van der Waals surface area contributed by atoms with Crippen molar-refractivity contribution in [1.82, 2.24) is 4.98 Å². The summed E-state index contributed by atoms with van der Waals surface area (Å²) in [6.45, 7) is 4.50. The van der Waals surface area contributed by atoms with Crippen molar-refractivity contribution < 1.29 is 30.5 Å². The first-order chi connectivity index (χ1) is 20.1. The van der Waals surface area contributed by atoms with Gasteiger partial charge in [0.05, 0.1) is 0 Å². The van der Waals surface area contributed by atoms with Crippen LogP contribution >= 0.6 is 0 Å². The Balaban J connectivity index is 0.00000288. The monoisotopic (exact) mass is 728 g/mol. The number of aliphatic imine (C=N–C) groups is 1. The summed E-state index contributed by atoms with van der Waals surface area (Å²) in [6.07, 6.45) is 2.73. The topological polar surface area (TPSA) is 47.0 Å². The van der Waals surface area contributed by atoms with Crippen molar-refractivity contribution in [3.05, 3.63) is 143 Å². The maximum absolute atomic E-state index is 6.37. The Morgan fingerprint density at radius 1 is 0.833 bits per heavy atom. The molecule has 5 aromatic rings. The van der Waals surface area contributed by atoms with Crippen LogP contribution in [0.2, 0.25) is 0 Å². The normalized spacial score (nSPS) is 18.9. The van der Waals surface area contributed by atoms with Gasteiger partial charge in [-0.1, -0.05) is 79.7 Å². The van der Waals surface area contributed by atoms with E-state index >= 15 is 0 Å². The van der Waals surface area contributed by atoms with E-state index in [0.717, 1.165) is 34.7 Å². The van der Waals surface area contributed by atoms with Crippen molar-refractivity contribution in [2.24, 2.45) is 4.99 Å². The van der Waals surface area contributed by atoms with Gasteiger partial charge in [-0.3, -0.25) is 4.99 Å². The Kier molecular flexibility index (Phi) is 6.51. The number of hydrogen-bond donors (Lipinski definition) is 0. The third-order valence-corrected chi connectivity index (χ3v) is 8.38. The first-order valence-corrected chi connectivity index (χ1v) is 14.0. The predicted molar refractivity (Wildman–Crippen MR) is 160 cm³/mol. The molecule has 0 fully saturated rings.